The first-order chi connectivity index (χ1) is 9.72. The fourth-order valence-corrected chi connectivity index (χ4v) is 2.43. The Morgan fingerprint density at radius 3 is 2.95 bits per heavy atom. The smallest absolute Gasteiger partial charge is 0.252 e. The average molecular weight is 275 g/mol. The molecule has 5 nitrogen and oxygen atoms in total. The van der Waals surface area contributed by atoms with E-state index in [1.807, 2.05) is 18.2 Å². The predicted molar refractivity (Wildman–Crippen MR) is 77.3 cm³/mol. The van der Waals surface area contributed by atoms with Gasteiger partial charge in [-0.1, -0.05) is 18.2 Å². The van der Waals surface area contributed by atoms with Gasteiger partial charge in [-0.15, -0.1) is 0 Å². The van der Waals surface area contributed by atoms with Crippen molar-refractivity contribution in [3.05, 3.63) is 35.4 Å². The largest absolute Gasteiger partial charge is 0.354 e. The minimum atomic E-state index is -0.434. The van der Waals surface area contributed by atoms with Gasteiger partial charge in [0, 0.05) is 12.1 Å². The number of hydrogen-bond donors (Lipinski definition) is 3. The second kappa shape index (κ2) is 7.05. The van der Waals surface area contributed by atoms with Gasteiger partial charge < -0.3 is 16.4 Å². The van der Waals surface area contributed by atoms with Crippen molar-refractivity contribution in [3.63, 3.8) is 0 Å². The number of carbonyl (C=O) groups excluding carboxylic acids is 2. The van der Waals surface area contributed by atoms with E-state index < -0.39 is 6.04 Å². The SMILES string of the molecule is NCCc1ccccc1C(=O)NC1CCCCNC1=O. The molecule has 1 unspecified atom stereocenters. The van der Waals surface area contributed by atoms with Gasteiger partial charge in [0.15, 0.2) is 0 Å². The molecule has 1 atom stereocenters. The summed E-state index contributed by atoms with van der Waals surface area (Å²) in [7, 11) is 0. The zero-order chi connectivity index (χ0) is 14.4. The Balaban J connectivity index is 2.09. The third kappa shape index (κ3) is 3.57. The first-order valence-corrected chi connectivity index (χ1v) is 7.09. The summed E-state index contributed by atoms with van der Waals surface area (Å²) in [6, 6.07) is 6.95. The lowest BCUT2D eigenvalue weighted by molar-refractivity contribution is -0.122. The van der Waals surface area contributed by atoms with Crippen molar-refractivity contribution < 1.29 is 9.59 Å². The fourth-order valence-electron chi connectivity index (χ4n) is 2.43. The van der Waals surface area contributed by atoms with Crippen molar-refractivity contribution >= 4 is 11.8 Å². The summed E-state index contributed by atoms with van der Waals surface area (Å²) in [6.45, 7) is 1.18. The summed E-state index contributed by atoms with van der Waals surface area (Å²) < 4.78 is 0. The van der Waals surface area contributed by atoms with Gasteiger partial charge in [0.2, 0.25) is 5.91 Å². The lowest BCUT2D eigenvalue weighted by Gasteiger charge is -2.16. The molecule has 4 N–H and O–H groups in total. The molecular formula is C15H21N3O2. The molecule has 1 saturated heterocycles. The van der Waals surface area contributed by atoms with Crippen LogP contribution in [-0.2, 0) is 11.2 Å². The Kier molecular flexibility index (Phi) is 5.12. The molecule has 1 heterocycles. The zero-order valence-corrected chi connectivity index (χ0v) is 11.5. The predicted octanol–water partition coefficient (Wildman–Crippen LogP) is 0.586. The van der Waals surface area contributed by atoms with Crippen molar-refractivity contribution in [2.45, 2.75) is 31.7 Å². The van der Waals surface area contributed by atoms with Gasteiger partial charge in [-0.3, -0.25) is 9.59 Å². The highest BCUT2D eigenvalue weighted by atomic mass is 16.2. The second-order valence-corrected chi connectivity index (χ2v) is 5.01. The number of hydrogen-bond acceptors (Lipinski definition) is 3. The van der Waals surface area contributed by atoms with Gasteiger partial charge in [-0.05, 0) is 43.9 Å². The van der Waals surface area contributed by atoms with Crippen LogP contribution in [0.2, 0.25) is 0 Å². The molecule has 2 rings (SSSR count). The monoisotopic (exact) mass is 275 g/mol. The zero-order valence-electron chi connectivity index (χ0n) is 11.5. The van der Waals surface area contributed by atoms with Crippen molar-refractivity contribution in [1.82, 2.24) is 10.6 Å². The highest BCUT2D eigenvalue weighted by Crippen LogP contribution is 2.11. The molecule has 0 aliphatic carbocycles. The van der Waals surface area contributed by atoms with Crippen LogP contribution >= 0.6 is 0 Å². The van der Waals surface area contributed by atoms with Crippen LogP contribution in [0.5, 0.6) is 0 Å². The average Bonchev–Trinajstić information content (AvgIpc) is 2.65. The maximum absolute atomic E-state index is 12.3. The summed E-state index contributed by atoms with van der Waals surface area (Å²) in [5, 5.41) is 5.65. The first-order valence-electron chi connectivity index (χ1n) is 7.09. The van der Waals surface area contributed by atoms with E-state index in [1.54, 1.807) is 6.07 Å². The van der Waals surface area contributed by atoms with E-state index in [4.69, 9.17) is 5.73 Å². The van der Waals surface area contributed by atoms with Gasteiger partial charge in [-0.25, -0.2) is 0 Å². The summed E-state index contributed by atoms with van der Waals surface area (Å²) in [5.41, 5.74) is 7.09. The maximum Gasteiger partial charge on any atom is 0.252 e. The minimum absolute atomic E-state index is 0.0906. The minimum Gasteiger partial charge on any atom is -0.354 e. The second-order valence-electron chi connectivity index (χ2n) is 5.01. The molecule has 0 spiro atoms. The number of nitrogens with one attached hydrogen (secondary N) is 2. The van der Waals surface area contributed by atoms with Crippen LogP contribution in [0.4, 0.5) is 0 Å². The van der Waals surface area contributed by atoms with Crippen LogP contribution in [0.15, 0.2) is 24.3 Å². The van der Waals surface area contributed by atoms with Crippen LogP contribution in [0.25, 0.3) is 0 Å². The highest BCUT2D eigenvalue weighted by molar-refractivity contribution is 5.98. The fraction of sp³-hybridized carbons (Fsp3) is 0.467. The van der Waals surface area contributed by atoms with Crippen molar-refractivity contribution in [2.75, 3.05) is 13.1 Å². The molecule has 0 bridgehead atoms. The molecule has 0 saturated carbocycles. The Morgan fingerprint density at radius 2 is 2.15 bits per heavy atom. The third-order valence-electron chi connectivity index (χ3n) is 3.52. The Hall–Kier alpha value is -1.88. The number of rotatable bonds is 4. The molecule has 1 aromatic carbocycles. The molecule has 1 aliphatic heterocycles. The molecule has 5 heteroatoms. The van der Waals surface area contributed by atoms with Crippen LogP contribution in [0.3, 0.4) is 0 Å². The molecule has 0 aromatic heterocycles. The maximum atomic E-state index is 12.3. The number of carbonyl (C=O) groups is 2. The summed E-state index contributed by atoms with van der Waals surface area (Å²) >= 11 is 0. The van der Waals surface area contributed by atoms with E-state index >= 15 is 0 Å². The Bertz CT molecular complexity index is 488. The van der Waals surface area contributed by atoms with Crippen LogP contribution in [0.1, 0.15) is 35.2 Å². The summed E-state index contributed by atoms with van der Waals surface area (Å²) in [5.74, 6) is -0.289. The topological polar surface area (TPSA) is 84.2 Å². The van der Waals surface area contributed by atoms with Crippen LogP contribution in [-0.4, -0.2) is 30.9 Å². The number of amides is 2. The van der Waals surface area contributed by atoms with Gasteiger partial charge >= 0.3 is 0 Å². The van der Waals surface area contributed by atoms with Crippen molar-refractivity contribution in [1.29, 1.82) is 0 Å². The van der Waals surface area contributed by atoms with Crippen LogP contribution < -0.4 is 16.4 Å². The van der Waals surface area contributed by atoms with E-state index in [1.165, 1.54) is 0 Å². The molecule has 0 radical (unpaired) electrons. The van der Waals surface area contributed by atoms with E-state index in [0.29, 0.717) is 31.5 Å². The van der Waals surface area contributed by atoms with Gasteiger partial charge in [0.05, 0.1) is 0 Å². The van der Waals surface area contributed by atoms with Crippen molar-refractivity contribution in [2.24, 2.45) is 5.73 Å². The quantitative estimate of drug-likeness (QED) is 0.752. The summed E-state index contributed by atoms with van der Waals surface area (Å²) in [6.07, 6.45) is 3.24. The molecule has 1 aromatic rings. The third-order valence-corrected chi connectivity index (χ3v) is 3.52. The van der Waals surface area contributed by atoms with E-state index in [9.17, 15) is 9.59 Å². The van der Waals surface area contributed by atoms with E-state index in [2.05, 4.69) is 10.6 Å². The van der Waals surface area contributed by atoms with E-state index in [0.717, 1.165) is 18.4 Å². The highest BCUT2D eigenvalue weighted by Gasteiger charge is 2.23. The first kappa shape index (κ1) is 14.5. The normalized spacial score (nSPS) is 19.1. The lowest BCUT2D eigenvalue weighted by Crippen LogP contribution is -2.45. The van der Waals surface area contributed by atoms with Gasteiger partial charge in [0.25, 0.3) is 5.91 Å². The van der Waals surface area contributed by atoms with Gasteiger partial charge in [0.1, 0.15) is 6.04 Å². The number of nitrogens with two attached hydrogens (primary N) is 1. The number of benzene rings is 1. The molecule has 1 aliphatic rings. The molecule has 1 fully saturated rings. The van der Waals surface area contributed by atoms with E-state index in [-0.39, 0.29) is 11.8 Å². The molecule has 2 amide bonds. The van der Waals surface area contributed by atoms with Crippen LogP contribution in [0, 0.1) is 0 Å². The lowest BCUT2D eigenvalue weighted by atomic mass is 10.0. The summed E-state index contributed by atoms with van der Waals surface area (Å²) in [4.78, 5) is 24.2. The standard InChI is InChI=1S/C15H21N3O2/c16-9-8-11-5-1-2-6-12(11)14(19)18-13-7-3-4-10-17-15(13)20/h1-2,5-6,13H,3-4,7-10,16H2,(H,17,20)(H,18,19). The molecule has 20 heavy (non-hydrogen) atoms. The van der Waals surface area contributed by atoms with Crippen molar-refractivity contribution in [3.8, 4) is 0 Å². The Labute approximate surface area is 118 Å². The molecule has 108 valence electrons. The molecular weight excluding hydrogens is 254 g/mol. The Morgan fingerprint density at radius 1 is 1.35 bits per heavy atom. The van der Waals surface area contributed by atoms with Gasteiger partial charge in [-0.2, -0.15) is 0 Å².